The highest BCUT2D eigenvalue weighted by Gasteiger charge is 2.36. The lowest BCUT2D eigenvalue weighted by Gasteiger charge is -2.32. The van der Waals surface area contributed by atoms with Crippen molar-refractivity contribution in [2.24, 2.45) is 0 Å². The molecule has 2 fully saturated rings. The topological polar surface area (TPSA) is 58.6 Å². The quantitative estimate of drug-likeness (QED) is 0.751. The summed E-state index contributed by atoms with van der Waals surface area (Å²) in [6, 6.07) is 0. The lowest BCUT2D eigenvalue weighted by atomic mass is 10.1. The molecule has 0 aliphatic carbocycles. The third-order valence-electron chi connectivity index (χ3n) is 3.47. The number of sulfonamides is 1. The fourth-order valence-corrected chi connectivity index (χ4v) is 4.35. The molecule has 0 saturated carbocycles. The molecule has 0 amide bonds. The van der Waals surface area contributed by atoms with Crippen LogP contribution in [0.4, 0.5) is 0 Å². The first-order valence-corrected chi connectivity index (χ1v) is 7.37. The largest absolute Gasteiger partial charge is 0.380 e. The Bertz CT molecular complexity index is 325. The van der Waals surface area contributed by atoms with Gasteiger partial charge in [-0.1, -0.05) is 0 Å². The van der Waals surface area contributed by atoms with Crippen LogP contribution in [0.2, 0.25) is 0 Å². The van der Waals surface area contributed by atoms with E-state index in [1.807, 2.05) is 0 Å². The summed E-state index contributed by atoms with van der Waals surface area (Å²) >= 11 is 0. The number of hydrogen-bond donors (Lipinski definition) is 1. The Morgan fingerprint density at radius 3 is 2.81 bits per heavy atom. The van der Waals surface area contributed by atoms with Crippen LogP contribution in [0, 0.1) is 0 Å². The predicted octanol–water partition coefficient (Wildman–Crippen LogP) is -0.211. The molecule has 16 heavy (non-hydrogen) atoms. The third-order valence-corrected chi connectivity index (χ3v) is 5.77. The van der Waals surface area contributed by atoms with Crippen molar-refractivity contribution in [3.63, 3.8) is 0 Å². The van der Waals surface area contributed by atoms with Crippen molar-refractivity contribution in [3.8, 4) is 0 Å². The first-order chi connectivity index (χ1) is 7.64. The molecule has 2 unspecified atom stereocenters. The summed E-state index contributed by atoms with van der Waals surface area (Å²) in [6.45, 7) is 2.58. The molecule has 2 atom stereocenters. The molecule has 2 rings (SSSR count). The molecule has 1 N–H and O–H groups in total. The van der Waals surface area contributed by atoms with Gasteiger partial charge in [-0.25, -0.2) is 8.42 Å². The zero-order valence-corrected chi connectivity index (χ0v) is 10.5. The SMILES string of the molecule is COC1CCCN(S(=O)(=O)C2CCNC2)C1. The summed E-state index contributed by atoms with van der Waals surface area (Å²) in [5, 5.41) is 2.87. The second kappa shape index (κ2) is 5.00. The molecule has 2 aliphatic rings. The van der Waals surface area contributed by atoms with Crippen molar-refractivity contribution >= 4 is 10.0 Å². The van der Waals surface area contributed by atoms with E-state index in [1.165, 1.54) is 0 Å². The number of nitrogens with zero attached hydrogens (tertiary/aromatic N) is 1. The van der Waals surface area contributed by atoms with Gasteiger partial charge in [0, 0.05) is 26.7 Å². The van der Waals surface area contributed by atoms with Crippen LogP contribution in [0.3, 0.4) is 0 Å². The van der Waals surface area contributed by atoms with Crippen LogP contribution in [0.25, 0.3) is 0 Å². The monoisotopic (exact) mass is 248 g/mol. The first kappa shape index (κ1) is 12.3. The van der Waals surface area contributed by atoms with Gasteiger partial charge in [0.1, 0.15) is 0 Å². The van der Waals surface area contributed by atoms with Gasteiger partial charge in [-0.15, -0.1) is 0 Å². The van der Waals surface area contributed by atoms with Gasteiger partial charge < -0.3 is 10.1 Å². The molecule has 0 aromatic heterocycles. The average Bonchev–Trinajstić information content (AvgIpc) is 2.83. The molecule has 94 valence electrons. The summed E-state index contributed by atoms with van der Waals surface area (Å²) in [7, 11) is -1.46. The van der Waals surface area contributed by atoms with Crippen LogP contribution in [0.5, 0.6) is 0 Å². The van der Waals surface area contributed by atoms with Crippen molar-refractivity contribution in [2.45, 2.75) is 30.6 Å². The van der Waals surface area contributed by atoms with E-state index in [0.29, 0.717) is 19.6 Å². The number of nitrogens with one attached hydrogen (secondary N) is 1. The van der Waals surface area contributed by atoms with Crippen LogP contribution in [0.15, 0.2) is 0 Å². The van der Waals surface area contributed by atoms with Crippen molar-refractivity contribution in [3.05, 3.63) is 0 Å². The molecule has 6 heteroatoms. The Morgan fingerprint density at radius 1 is 1.38 bits per heavy atom. The van der Waals surface area contributed by atoms with E-state index in [9.17, 15) is 8.42 Å². The zero-order chi connectivity index (χ0) is 11.6. The minimum Gasteiger partial charge on any atom is -0.380 e. The average molecular weight is 248 g/mol. The number of rotatable bonds is 3. The Hall–Kier alpha value is -0.170. The summed E-state index contributed by atoms with van der Waals surface area (Å²) in [4.78, 5) is 0. The Morgan fingerprint density at radius 2 is 2.19 bits per heavy atom. The Balaban J connectivity index is 2.04. The van der Waals surface area contributed by atoms with Gasteiger partial charge >= 0.3 is 0 Å². The van der Waals surface area contributed by atoms with Crippen molar-refractivity contribution < 1.29 is 13.2 Å². The Labute approximate surface area is 97.2 Å². The minimum absolute atomic E-state index is 0.0675. The molecule has 0 radical (unpaired) electrons. The lowest BCUT2D eigenvalue weighted by molar-refractivity contribution is 0.0569. The molecule has 0 bridgehead atoms. The second-order valence-corrected chi connectivity index (χ2v) is 6.73. The molecular weight excluding hydrogens is 228 g/mol. The van der Waals surface area contributed by atoms with Crippen LogP contribution in [0.1, 0.15) is 19.3 Å². The smallest absolute Gasteiger partial charge is 0.218 e. The fourth-order valence-electron chi connectivity index (χ4n) is 2.42. The number of ether oxygens (including phenoxy) is 1. The maximum Gasteiger partial charge on any atom is 0.218 e. The van der Waals surface area contributed by atoms with Crippen LogP contribution in [-0.2, 0) is 14.8 Å². The van der Waals surface area contributed by atoms with E-state index in [4.69, 9.17) is 4.74 Å². The van der Waals surface area contributed by atoms with Gasteiger partial charge in [-0.3, -0.25) is 0 Å². The Kier molecular flexibility index (Phi) is 3.84. The van der Waals surface area contributed by atoms with Gasteiger partial charge in [0.2, 0.25) is 10.0 Å². The molecule has 0 spiro atoms. The number of piperidine rings is 1. The molecule has 2 saturated heterocycles. The number of hydrogen-bond acceptors (Lipinski definition) is 4. The first-order valence-electron chi connectivity index (χ1n) is 5.87. The van der Waals surface area contributed by atoms with Crippen molar-refractivity contribution in [1.29, 1.82) is 0 Å². The van der Waals surface area contributed by atoms with Gasteiger partial charge in [0.25, 0.3) is 0 Å². The minimum atomic E-state index is -3.11. The van der Waals surface area contributed by atoms with E-state index in [-0.39, 0.29) is 11.4 Å². The second-order valence-electron chi connectivity index (χ2n) is 4.52. The molecule has 5 nitrogen and oxygen atoms in total. The van der Waals surface area contributed by atoms with Crippen LogP contribution < -0.4 is 5.32 Å². The summed E-state index contributed by atoms with van der Waals surface area (Å²) < 4.78 is 31.4. The molecule has 2 heterocycles. The zero-order valence-electron chi connectivity index (χ0n) is 9.68. The van der Waals surface area contributed by atoms with Crippen molar-refractivity contribution in [2.75, 3.05) is 33.3 Å². The number of methoxy groups -OCH3 is 1. The molecule has 2 aliphatic heterocycles. The summed E-state index contributed by atoms with van der Waals surface area (Å²) in [5.41, 5.74) is 0. The van der Waals surface area contributed by atoms with Gasteiger partial charge in [-0.05, 0) is 25.8 Å². The van der Waals surface area contributed by atoms with Crippen molar-refractivity contribution in [1.82, 2.24) is 9.62 Å². The van der Waals surface area contributed by atoms with E-state index in [0.717, 1.165) is 25.8 Å². The van der Waals surface area contributed by atoms with Gasteiger partial charge in [0.15, 0.2) is 0 Å². The summed E-state index contributed by atoms with van der Waals surface area (Å²) in [5.74, 6) is 0. The van der Waals surface area contributed by atoms with E-state index in [2.05, 4.69) is 5.32 Å². The maximum absolute atomic E-state index is 12.3. The molecule has 0 aromatic carbocycles. The van der Waals surface area contributed by atoms with E-state index >= 15 is 0 Å². The van der Waals surface area contributed by atoms with E-state index in [1.54, 1.807) is 11.4 Å². The van der Waals surface area contributed by atoms with E-state index < -0.39 is 10.0 Å². The molecule has 0 aromatic rings. The lowest BCUT2D eigenvalue weighted by Crippen LogP contribution is -2.47. The fraction of sp³-hybridized carbons (Fsp3) is 1.00. The third kappa shape index (κ3) is 2.40. The van der Waals surface area contributed by atoms with Crippen LogP contribution in [-0.4, -0.2) is 57.4 Å². The highest BCUT2D eigenvalue weighted by Crippen LogP contribution is 2.21. The molecular formula is C10H20N2O3S. The summed E-state index contributed by atoms with van der Waals surface area (Å²) in [6.07, 6.45) is 2.66. The highest BCUT2D eigenvalue weighted by molar-refractivity contribution is 7.89. The standard InChI is InChI=1S/C10H20N2O3S/c1-15-9-3-2-6-12(8-9)16(13,14)10-4-5-11-7-10/h9-11H,2-8H2,1H3. The van der Waals surface area contributed by atoms with Crippen LogP contribution >= 0.6 is 0 Å². The normalized spacial score (nSPS) is 33.1. The highest BCUT2D eigenvalue weighted by atomic mass is 32.2. The maximum atomic E-state index is 12.3. The van der Waals surface area contributed by atoms with Gasteiger partial charge in [0.05, 0.1) is 11.4 Å². The van der Waals surface area contributed by atoms with Gasteiger partial charge in [-0.2, -0.15) is 4.31 Å². The predicted molar refractivity (Wildman–Crippen MR) is 61.8 cm³/mol.